The van der Waals surface area contributed by atoms with Gasteiger partial charge in [-0.25, -0.2) is 4.98 Å². The van der Waals surface area contributed by atoms with Crippen molar-refractivity contribution in [2.45, 2.75) is 46.2 Å². The van der Waals surface area contributed by atoms with E-state index < -0.39 is 5.41 Å². The van der Waals surface area contributed by atoms with Gasteiger partial charge in [0.05, 0.1) is 13.2 Å². The number of hydrogen-bond acceptors (Lipinski definition) is 7. The van der Waals surface area contributed by atoms with Crippen LogP contribution in [0.15, 0.2) is 23.7 Å². The second kappa shape index (κ2) is 9.04. The van der Waals surface area contributed by atoms with Crippen LogP contribution in [0.4, 0.5) is 0 Å². The molecule has 0 aliphatic carbocycles. The van der Waals surface area contributed by atoms with E-state index in [1.807, 2.05) is 44.5 Å². The van der Waals surface area contributed by atoms with Gasteiger partial charge in [-0.15, -0.1) is 11.3 Å². The fourth-order valence-corrected chi connectivity index (χ4v) is 4.87. The summed E-state index contributed by atoms with van der Waals surface area (Å²) in [6.45, 7) is 8.80. The predicted molar refractivity (Wildman–Crippen MR) is 120 cm³/mol. The van der Waals surface area contributed by atoms with Crippen molar-refractivity contribution in [3.05, 3.63) is 34.3 Å². The van der Waals surface area contributed by atoms with Crippen molar-refractivity contribution in [1.82, 2.24) is 15.2 Å². The summed E-state index contributed by atoms with van der Waals surface area (Å²) in [6.07, 6.45) is 3.82. The Kier molecular flexibility index (Phi) is 6.39. The van der Waals surface area contributed by atoms with Gasteiger partial charge in [0.25, 0.3) is 0 Å². The minimum Gasteiger partial charge on any atom is -0.496 e. The number of carbonyl (C=O) groups is 1. The lowest BCUT2D eigenvalue weighted by molar-refractivity contribution is -0.129. The summed E-state index contributed by atoms with van der Waals surface area (Å²) >= 11 is 1.62. The van der Waals surface area contributed by atoms with Gasteiger partial charge >= 0.3 is 0 Å². The first kappa shape index (κ1) is 21.9. The summed E-state index contributed by atoms with van der Waals surface area (Å²) in [4.78, 5) is 19.7. The van der Waals surface area contributed by atoms with E-state index in [0.717, 1.165) is 60.3 Å². The van der Waals surface area contributed by atoms with Crippen LogP contribution in [-0.4, -0.2) is 42.8 Å². The van der Waals surface area contributed by atoms with Gasteiger partial charge in [-0.3, -0.25) is 9.69 Å². The number of thiazole rings is 1. The molecule has 2 aliphatic heterocycles. The molecule has 1 aromatic carbocycles. The second-order valence-corrected chi connectivity index (χ2v) is 10.1. The zero-order valence-corrected chi connectivity index (χ0v) is 19.5. The molecular weight excluding hydrogens is 414 g/mol. The van der Waals surface area contributed by atoms with Crippen molar-refractivity contribution in [3.8, 4) is 17.2 Å². The molecule has 1 unspecified atom stereocenters. The van der Waals surface area contributed by atoms with Crippen molar-refractivity contribution in [1.29, 1.82) is 0 Å². The number of hydrogen-bond donors (Lipinski definition) is 1. The molecule has 4 rings (SSSR count). The van der Waals surface area contributed by atoms with Crippen LogP contribution >= 0.6 is 11.3 Å². The van der Waals surface area contributed by atoms with Gasteiger partial charge in [-0.2, -0.15) is 0 Å². The lowest BCUT2D eigenvalue weighted by atomic mass is 9.87. The quantitative estimate of drug-likeness (QED) is 0.725. The molecule has 168 valence electrons. The molecule has 1 aromatic heterocycles. The molecule has 1 amide bonds. The van der Waals surface area contributed by atoms with Crippen LogP contribution in [0.5, 0.6) is 17.2 Å². The van der Waals surface area contributed by atoms with Crippen molar-refractivity contribution < 1.29 is 19.0 Å². The van der Waals surface area contributed by atoms with Crippen LogP contribution < -0.4 is 19.5 Å². The molecule has 0 bridgehead atoms. The van der Waals surface area contributed by atoms with Crippen LogP contribution in [0.2, 0.25) is 0 Å². The molecule has 1 N–H and O–H groups in total. The monoisotopic (exact) mass is 445 g/mol. The first-order valence-corrected chi connectivity index (χ1v) is 11.6. The van der Waals surface area contributed by atoms with Gasteiger partial charge in [-0.05, 0) is 37.9 Å². The van der Waals surface area contributed by atoms with Crippen LogP contribution in [0.1, 0.15) is 50.2 Å². The molecule has 8 heteroatoms. The molecule has 0 saturated carbocycles. The van der Waals surface area contributed by atoms with Crippen LogP contribution in [0.25, 0.3) is 0 Å². The zero-order chi connectivity index (χ0) is 22.0. The third kappa shape index (κ3) is 4.96. The summed E-state index contributed by atoms with van der Waals surface area (Å²) < 4.78 is 16.6. The van der Waals surface area contributed by atoms with Crippen molar-refractivity contribution >= 4 is 17.2 Å². The minimum atomic E-state index is -0.424. The molecule has 2 aromatic rings. The highest BCUT2D eigenvalue weighted by molar-refractivity contribution is 7.09. The highest BCUT2D eigenvalue weighted by Crippen LogP contribution is 2.39. The molecule has 31 heavy (non-hydrogen) atoms. The van der Waals surface area contributed by atoms with Gasteiger partial charge in [-0.1, -0.05) is 20.8 Å². The summed E-state index contributed by atoms with van der Waals surface area (Å²) in [7, 11) is 1.68. The van der Waals surface area contributed by atoms with Crippen molar-refractivity contribution in [2.75, 3.05) is 27.0 Å². The normalized spacial score (nSPS) is 18.1. The fraction of sp³-hybridized carbons (Fsp3) is 0.565. The number of likely N-dealkylation sites (tertiary alicyclic amines) is 1. The van der Waals surface area contributed by atoms with Gasteiger partial charge in [0.15, 0.2) is 11.5 Å². The number of amides is 1. The molecule has 3 heterocycles. The van der Waals surface area contributed by atoms with Gasteiger partial charge in [0.1, 0.15) is 10.8 Å². The van der Waals surface area contributed by atoms with E-state index in [2.05, 4.69) is 15.2 Å². The Hall–Kier alpha value is -2.32. The van der Waals surface area contributed by atoms with Gasteiger partial charge in [0, 0.05) is 35.2 Å². The maximum atomic E-state index is 12.7. The first-order chi connectivity index (χ1) is 14.8. The molecule has 0 radical (unpaired) electrons. The van der Waals surface area contributed by atoms with E-state index in [-0.39, 0.29) is 18.7 Å². The van der Waals surface area contributed by atoms with E-state index in [1.165, 1.54) is 0 Å². The third-order valence-corrected chi connectivity index (χ3v) is 6.82. The van der Waals surface area contributed by atoms with Gasteiger partial charge in [0.2, 0.25) is 12.7 Å². The van der Waals surface area contributed by atoms with Crippen LogP contribution in [0, 0.1) is 11.3 Å². The average molecular weight is 446 g/mol. The van der Waals surface area contributed by atoms with E-state index in [4.69, 9.17) is 14.2 Å². The van der Waals surface area contributed by atoms with Crippen LogP contribution in [0.3, 0.4) is 0 Å². The number of piperidine rings is 1. The molecule has 1 atom stereocenters. The highest BCUT2D eigenvalue weighted by atomic mass is 32.1. The largest absolute Gasteiger partial charge is 0.496 e. The Balaban J connectivity index is 1.42. The number of benzene rings is 1. The number of ether oxygens (including phenoxy) is 3. The number of nitrogens with zero attached hydrogens (tertiary/aromatic N) is 2. The first-order valence-electron chi connectivity index (χ1n) is 10.7. The molecule has 2 aliphatic rings. The Morgan fingerprint density at radius 2 is 2.00 bits per heavy atom. The highest BCUT2D eigenvalue weighted by Gasteiger charge is 2.33. The average Bonchev–Trinajstić information content (AvgIpc) is 3.43. The van der Waals surface area contributed by atoms with E-state index in [1.54, 1.807) is 18.4 Å². The predicted octanol–water partition coefficient (Wildman–Crippen LogP) is 4.00. The van der Waals surface area contributed by atoms with E-state index in [9.17, 15) is 4.79 Å². The van der Waals surface area contributed by atoms with Crippen molar-refractivity contribution in [2.24, 2.45) is 11.3 Å². The van der Waals surface area contributed by atoms with Gasteiger partial charge < -0.3 is 19.5 Å². The Labute approximate surface area is 187 Å². The number of nitrogens with one attached hydrogen (secondary N) is 1. The van der Waals surface area contributed by atoms with Crippen molar-refractivity contribution in [3.63, 3.8) is 0 Å². The summed E-state index contributed by atoms with van der Waals surface area (Å²) in [6, 6.07) is 3.90. The topological polar surface area (TPSA) is 72.9 Å². The molecular formula is C23H31N3O4S. The molecule has 1 saturated heterocycles. The lowest BCUT2D eigenvalue weighted by Gasteiger charge is -2.36. The summed E-state index contributed by atoms with van der Waals surface area (Å²) in [5, 5.41) is 6.25. The maximum Gasteiger partial charge on any atom is 0.231 e. The molecule has 7 nitrogen and oxygen atoms in total. The number of aromatic nitrogens is 1. The SMILES string of the molecule is COc1cc2c(cc1CN1CCC(C(NC(=O)C(C)(C)C)c3nccs3)CC1)OCO2. The summed E-state index contributed by atoms with van der Waals surface area (Å²) in [5.74, 6) is 2.77. The van der Waals surface area contributed by atoms with Crippen LogP contribution in [-0.2, 0) is 11.3 Å². The smallest absolute Gasteiger partial charge is 0.231 e. The zero-order valence-electron chi connectivity index (χ0n) is 18.6. The van der Waals surface area contributed by atoms with E-state index in [0.29, 0.717) is 5.92 Å². The lowest BCUT2D eigenvalue weighted by Crippen LogP contribution is -2.43. The Morgan fingerprint density at radius 3 is 2.61 bits per heavy atom. The fourth-order valence-electron chi connectivity index (χ4n) is 4.09. The molecule has 0 spiro atoms. The minimum absolute atomic E-state index is 0.0334. The number of methoxy groups -OCH3 is 1. The standard InChI is InChI=1S/C23H31N3O4S/c1-23(2,3)22(27)25-20(21-24-7-10-31-21)15-5-8-26(9-6-15)13-16-11-18-19(30-14-29-18)12-17(16)28-4/h7,10-12,15,20H,5-6,8-9,13-14H2,1-4H3,(H,25,27). The number of fused-ring (bicyclic) bond motifs is 1. The Bertz CT molecular complexity index is 902. The summed E-state index contributed by atoms with van der Waals surface area (Å²) in [5.41, 5.74) is 0.675. The Morgan fingerprint density at radius 1 is 1.29 bits per heavy atom. The van der Waals surface area contributed by atoms with E-state index >= 15 is 0 Å². The maximum absolute atomic E-state index is 12.7. The number of rotatable bonds is 6. The second-order valence-electron chi connectivity index (χ2n) is 9.20. The molecule has 1 fully saturated rings. The third-order valence-electron chi connectivity index (χ3n) is 5.96. The number of carbonyl (C=O) groups excluding carboxylic acids is 1.